The number of nitrogens with zero attached hydrogens (tertiary/aromatic N) is 6. The van der Waals surface area contributed by atoms with Crippen LogP contribution in [-0.4, -0.2) is 56.5 Å². The molecule has 1 aliphatic heterocycles. The number of aromatic nitrogens is 4. The maximum atomic E-state index is 13.0. The first kappa shape index (κ1) is 16.2. The zero-order valence-corrected chi connectivity index (χ0v) is 14.0. The molecule has 1 fully saturated rings. The largest absolute Gasteiger partial charge is 0.353 e. The van der Waals surface area contributed by atoms with Crippen LogP contribution in [0.3, 0.4) is 0 Å². The molecular weight excluding hydrogens is 335 g/mol. The number of hydrogen-bond acceptors (Lipinski definition) is 5. The molecule has 0 bridgehead atoms. The molecule has 1 aliphatic rings. The summed E-state index contributed by atoms with van der Waals surface area (Å²) in [5.41, 5.74) is 0.504. The third-order valence-corrected chi connectivity index (χ3v) is 4.39. The Kier molecular flexibility index (Phi) is 4.30. The molecule has 8 heteroatoms. The summed E-state index contributed by atoms with van der Waals surface area (Å²) in [5.74, 6) is 1.14. The normalized spacial score (nSPS) is 14.5. The molecule has 3 heterocycles. The first-order valence-electron chi connectivity index (χ1n) is 8.31. The van der Waals surface area contributed by atoms with E-state index in [0.717, 1.165) is 11.6 Å². The molecule has 1 amide bonds. The average molecular weight is 352 g/mol. The van der Waals surface area contributed by atoms with Crippen molar-refractivity contribution < 1.29 is 9.18 Å². The van der Waals surface area contributed by atoms with E-state index in [-0.39, 0.29) is 11.7 Å². The van der Waals surface area contributed by atoms with Crippen LogP contribution in [0.1, 0.15) is 10.4 Å². The maximum absolute atomic E-state index is 13.0. The van der Waals surface area contributed by atoms with Crippen LogP contribution in [0.4, 0.5) is 10.2 Å². The quantitative estimate of drug-likeness (QED) is 0.719. The molecular formula is C18H17FN6O. The molecule has 0 saturated carbocycles. The van der Waals surface area contributed by atoms with Gasteiger partial charge in [-0.2, -0.15) is 0 Å². The highest BCUT2D eigenvalue weighted by Gasteiger charge is 2.23. The van der Waals surface area contributed by atoms with Crippen molar-refractivity contribution in [3.05, 3.63) is 66.8 Å². The maximum Gasteiger partial charge on any atom is 0.253 e. The molecule has 0 unspecified atom stereocenters. The lowest BCUT2D eigenvalue weighted by Crippen LogP contribution is -2.49. The number of halogens is 1. The Bertz CT molecular complexity index is 888. The highest BCUT2D eigenvalue weighted by atomic mass is 19.1. The molecule has 3 aromatic rings. The number of rotatable bonds is 3. The number of carbonyl (C=O) groups is 1. The number of anilines is 1. The number of carbonyl (C=O) groups excluding carboxylic acids is 1. The molecule has 132 valence electrons. The van der Waals surface area contributed by atoms with E-state index in [9.17, 15) is 9.18 Å². The summed E-state index contributed by atoms with van der Waals surface area (Å²) in [6.07, 6.45) is 6.74. The van der Waals surface area contributed by atoms with Gasteiger partial charge < -0.3 is 9.80 Å². The van der Waals surface area contributed by atoms with Crippen molar-refractivity contribution >= 4 is 11.7 Å². The Labute approximate surface area is 149 Å². The van der Waals surface area contributed by atoms with E-state index < -0.39 is 0 Å². The Morgan fingerprint density at radius 3 is 2.42 bits per heavy atom. The van der Waals surface area contributed by atoms with Crippen molar-refractivity contribution in [3.63, 3.8) is 0 Å². The van der Waals surface area contributed by atoms with Crippen LogP contribution in [-0.2, 0) is 0 Å². The number of amides is 1. The minimum atomic E-state index is -0.344. The van der Waals surface area contributed by atoms with Gasteiger partial charge in [0.15, 0.2) is 0 Å². The van der Waals surface area contributed by atoms with Crippen LogP contribution in [0.15, 0.2) is 55.4 Å². The lowest BCUT2D eigenvalue weighted by molar-refractivity contribution is 0.0746. The topological polar surface area (TPSA) is 67.2 Å². The molecule has 4 rings (SSSR count). The Morgan fingerprint density at radius 1 is 1.00 bits per heavy atom. The van der Waals surface area contributed by atoms with E-state index in [4.69, 9.17) is 0 Å². The van der Waals surface area contributed by atoms with E-state index >= 15 is 0 Å². The zero-order chi connectivity index (χ0) is 17.9. The van der Waals surface area contributed by atoms with Crippen molar-refractivity contribution in [1.82, 2.24) is 24.4 Å². The number of benzene rings is 1. The molecule has 26 heavy (non-hydrogen) atoms. The second-order valence-electron chi connectivity index (χ2n) is 5.99. The minimum absolute atomic E-state index is 0.0774. The van der Waals surface area contributed by atoms with Gasteiger partial charge >= 0.3 is 0 Å². The van der Waals surface area contributed by atoms with Crippen LogP contribution < -0.4 is 4.90 Å². The molecule has 0 N–H and O–H groups in total. The van der Waals surface area contributed by atoms with E-state index in [1.54, 1.807) is 17.4 Å². The molecule has 0 atom stereocenters. The monoisotopic (exact) mass is 352 g/mol. The van der Waals surface area contributed by atoms with Crippen molar-refractivity contribution in [2.75, 3.05) is 31.1 Å². The van der Waals surface area contributed by atoms with Crippen molar-refractivity contribution in [2.24, 2.45) is 0 Å². The molecule has 2 aromatic heterocycles. The Balaban J connectivity index is 1.43. The summed E-state index contributed by atoms with van der Waals surface area (Å²) in [5, 5.41) is 0. The summed E-state index contributed by atoms with van der Waals surface area (Å²) < 4.78 is 14.8. The van der Waals surface area contributed by atoms with Gasteiger partial charge in [-0.25, -0.2) is 19.3 Å². The Morgan fingerprint density at radius 2 is 1.73 bits per heavy atom. The lowest BCUT2D eigenvalue weighted by Gasteiger charge is -2.35. The third-order valence-electron chi connectivity index (χ3n) is 4.39. The van der Waals surface area contributed by atoms with Gasteiger partial charge in [0.2, 0.25) is 0 Å². The standard InChI is InChI=1S/C18H17FN6O/c19-15-3-1-14(2-4-15)18(26)24-9-7-23(8-10-24)16-11-17(22-12-21-16)25-6-5-20-13-25/h1-6,11-13H,7-10H2. The number of imidazole rings is 1. The van der Waals surface area contributed by atoms with E-state index in [1.807, 2.05) is 16.8 Å². The second-order valence-corrected chi connectivity index (χ2v) is 5.99. The van der Waals surface area contributed by atoms with E-state index in [0.29, 0.717) is 31.7 Å². The predicted octanol–water partition coefficient (Wildman–Crippen LogP) is 1.76. The number of hydrogen-bond donors (Lipinski definition) is 0. The highest BCUT2D eigenvalue weighted by molar-refractivity contribution is 5.94. The van der Waals surface area contributed by atoms with E-state index in [1.165, 1.54) is 30.6 Å². The van der Waals surface area contributed by atoms with Crippen molar-refractivity contribution in [1.29, 1.82) is 0 Å². The smallest absolute Gasteiger partial charge is 0.253 e. The molecule has 1 aromatic carbocycles. The highest BCUT2D eigenvalue weighted by Crippen LogP contribution is 2.17. The molecule has 7 nitrogen and oxygen atoms in total. The first-order chi connectivity index (χ1) is 12.7. The molecule has 0 spiro atoms. The van der Waals surface area contributed by atoms with Gasteiger partial charge in [-0.05, 0) is 24.3 Å². The van der Waals surface area contributed by atoms with Gasteiger partial charge in [0.25, 0.3) is 5.91 Å². The summed E-state index contributed by atoms with van der Waals surface area (Å²) in [6.45, 7) is 2.52. The molecule has 0 radical (unpaired) electrons. The summed E-state index contributed by atoms with van der Waals surface area (Å²) >= 11 is 0. The van der Waals surface area contributed by atoms with Crippen LogP contribution in [0.5, 0.6) is 0 Å². The summed E-state index contributed by atoms with van der Waals surface area (Å²) in [6, 6.07) is 7.56. The van der Waals surface area contributed by atoms with Gasteiger partial charge in [0, 0.05) is 50.2 Å². The van der Waals surface area contributed by atoms with Gasteiger partial charge in [-0.15, -0.1) is 0 Å². The third kappa shape index (κ3) is 3.26. The summed E-state index contributed by atoms with van der Waals surface area (Å²) in [4.78, 5) is 29.0. The predicted molar refractivity (Wildman–Crippen MR) is 93.7 cm³/mol. The Hall–Kier alpha value is -3.29. The fraction of sp³-hybridized carbons (Fsp3) is 0.222. The first-order valence-corrected chi connectivity index (χ1v) is 8.31. The van der Waals surface area contributed by atoms with Crippen LogP contribution in [0.2, 0.25) is 0 Å². The van der Waals surface area contributed by atoms with Crippen molar-refractivity contribution in [2.45, 2.75) is 0 Å². The van der Waals surface area contributed by atoms with Crippen LogP contribution in [0, 0.1) is 5.82 Å². The van der Waals surface area contributed by atoms with Gasteiger partial charge in [0.05, 0.1) is 0 Å². The van der Waals surface area contributed by atoms with Gasteiger partial charge in [-0.3, -0.25) is 9.36 Å². The fourth-order valence-corrected chi connectivity index (χ4v) is 2.96. The zero-order valence-electron chi connectivity index (χ0n) is 14.0. The van der Waals surface area contributed by atoms with Crippen LogP contribution >= 0.6 is 0 Å². The summed E-state index contributed by atoms with van der Waals surface area (Å²) in [7, 11) is 0. The minimum Gasteiger partial charge on any atom is -0.353 e. The van der Waals surface area contributed by atoms with Gasteiger partial charge in [0.1, 0.15) is 30.1 Å². The lowest BCUT2D eigenvalue weighted by atomic mass is 10.2. The van der Waals surface area contributed by atoms with Crippen molar-refractivity contribution in [3.8, 4) is 5.82 Å². The second kappa shape index (κ2) is 6.91. The van der Waals surface area contributed by atoms with E-state index in [2.05, 4.69) is 19.9 Å². The average Bonchev–Trinajstić information content (AvgIpc) is 3.23. The van der Waals surface area contributed by atoms with Crippen LogP contribution in [0.25, 0.3) is 5.82 Å². The van der Waals surface area contributed by atoms with Gasteiger partial charge in [-0.1, -0.05) is 0 Å². The fourth-order valence-electron chi connectivity index (χ4n) is 2.96. The number of piperazine rings is 1. The SMILES string of the molecule is O=C(c1ccc(F)cc1)N1CCN(c2cc(-n3ccnc3)ncn2)CC1. The molecule has 1 saturated heterocycles. The molecule has 0 aliphatic carbocycles.